The summed E-state index contributed by atoms with van der Waals surface area (Å²) in [5, 5.41) is 1.08. The van der Waals surface area contributed by atoms with Gasteiger partial charge in [0.2, 0.25) is 0 Å². The molecule has 4 rings (SSSR count). The largest absolute Gasteiger partial charge is 0.366 e. The third kappa shape index (κ3) is 2.33. The number of rotatable bonds is 2. The van der Waals surface area contributed by atoms with Crippen molar-refractivity contribution in [2.45, 2.75) is 13.0 Å². The van der Waals surface area contributed by atoms with E-state index in [0.717, 1.165) is 33.9 Å². The van der Waals surface area contributed by atoms with Crippen LogP contribution >= 0.6 is 15.9 Å². The molecule has 0 saturated carbocycles. The van der Waals surface area contributed by atoms with Gasteiger partial charge in [-0.15, -0.1) is 0 Å². The Hall–Kier alpha value is -2.07. The summed E-state index contributed by atoms with van der Waals surface area (Å²) < 4.78 is 1.11. The molecule has 22 heavy (non-hydrogen) atoms. The average molecular weight is 355 g/mol. The Morgan fingerprint density at radius 1 is 1.14 bits per heavy atom. The van der Waals surface area contributed by atoms with E-state index in [2.05, 4.69) is 44.0 Å². The summed E-state index contributed by atoms with van der Waals surface area (Å²) in [5.74, 6) is 0. The Bertz CT molecular complexity index is 916. The highest BCUT2D eigenvalue weighted by Gasteiger charge is 2.20. The molecule has 0 amide bonds. The van der Waals surface area contributed by atoms with Crippen LogP contribution in [0.3, 0.4) is 0 Å². The summed E-state index contributed by atoms with van der Waals surface area (Å²) in [6.07, 6.45) is 1.03. The van der Waals surface area contributed by atoms with E-state index < -0.39 is 0 Å². The smallest absolute Gasteiger partial charge is 0.253 e. The number of fused-ring (bicyclic) bond motifs is 2. The van der Waals surface area contributed by atoms with Crippen LogP contribution in [0.15, 0.2) is 57.8 Å². The van der Waals surface area contributed by atoms with Crippen molar-refractivity contribution < 1.29 is 0 Å². The molecule has 3 aromatic rings. The summed E-state index contributed by atoms with van der Waals surface area (Å²) in [6, 6.07) is 16.3. The maximum atomic E-state index is 12.3. The molecule has 3 nitrogen and oxygen atoms in total. The Morgan fingerprint density at radius 2 is 2.00 bits per heavy atom. The molecule has 0 bridgehead atoms. The summed E-state index contributed by atoms with van der Waals surface area (Å²) in [5.41, 5.74) is 4.28. The van der Waals surface area contributed by atoms with Crippen LogP contribution in [0.2, 0.25) is 0 Å². The normalized spacial score (nSPS) is 13.6. The van der Waals surface area contributed by atoms with Gasteiger partial charge < -0.3 is 9.88 Å². The Kier molecular flexibility index (Phi) is 3.26. The third-order valence-electron chi connectivity index (χ3n) is 4.22. The van der Waals surface area contributed by atoms with Crippen molar-refractivity contribution in [3.63, 3.8) is 0 Å². The second-order valence-corrected chi connectivity index (χ2v) is 6.57. The van der Waals surface area contributed by atoms with E-state index in [1.54, 1.807) is 0 Å². The van der Waals surface area contributed by atoms with Gasteiger partial charge in [-0.05, 0) is 47.7 Å². The maximum absolute atomic E-state index is 12.3. The Balaban J connectivity index is 1.71. The molecule has 0 aliphatic carbocycles. The number of halogens is 1. The van der Waals surface area contributed by atoms with Gasteiger partial charge in [0.15, 0.2) is 0 Å². The minimum atomic E-state index is 0.00395. The first kappa shape index (κ1) is 13.6. The fraction of sp³-hybridized carbons (Fsp3) is 0.167. The fourth-order valence-corrected chi connectivity index (χ4v) is 3.53. The molecule has 110 valence electrons. The molecule has 0 saturated heterocycles. The van der Waals surface area contributed by atoms with Crippen LogP contribution in [0.1, 0.15) is 11.1 Å². The molecule has 1 N–H and O–H groups in total. The van der Waals surface area contributed by atoms with Gasteiger partial charge in [0.05, 0.1) is 0 Å². The predicted octanol–water partition coefficient (Wildman–Crippen LogP) is 3.85. The van der Waals surface area contributed by atoms with E-state index in [1.165, 1.54) is 11.3 Å². The lowest BCUT2D eigenvalue weighted by Gasteiger charge is -2.19. The van der Waals surface area contributed by atoms with E-state index in [1.807, 2.05) is 30.3 Å². The lowest BCUT2D eigenvalue weighted by molar-refractivity contribution is 0.828. The first-order valence-corrected chi connectivity index (χ1v) is 8.14. The number of benzene rings is 2. The Morgan fingerprint density at radius 3 is 2.91 bits per heavy atom. The van der Waals surface area contributed by atoms with Gasteiger partial charge in [0.25, 0.3) is 5.56 Å². The molecule has 0 atom stereocenters. The number of pyridine rings is 1. The first-order chi connectivity index (χ1) is 10.7. The lowest BCUT2D eigenvalue weighted by Crippen LogP contribution is -2.25. The van der Waals surface area contributed by atoms with Crippen molar-refractivity contribution in [3.05, 3.63) is 74.5 Å². The van der Waals surface area contributed by atoms with E-state index in [-0.39, 0.29) is 5.56 Å². The van der Waals surface area contributed by atoms with Crippen molar-refractivity contribution in [3.8, 4) is 0 Å². The van der Waals surface area contributed by atoms with Gasteiger partial charge in [0, 0.05) is 34.3 Å². The number of H-pyrrole nitrogens is 1. The number of nitrogens with zero attached hydrogens (tertiary/aromatic N) is 1. The molecular weight excluding hydrogens is 340 g/mol. The van der Waals surface area contributed by atoms with Gasteiger partial charge in [-0.1, -0.05) is 34.1 Å². The monoisotopic (exact) mass is 354 g/mol. The van der Waals surface area contributed by atoms with E-state index >= 15 is 0 Å². The van der Waals surface area contributed by atoms with Crippen LogP contribution in [0.4, 0.5) is 5.69 Å². The SMILES string of the molecule is O=c1[nH]c2ccccc2cc1CN1CCc2cc(Br)ccc21. The fourth-order valence-electron chi connectivity index (χ4n) is 3.12. The number of nitrogens with one attached hydrogen (secondary N) is 1. The second-order valence-electron chi connectivity index (χ2n) is 5.66. The summed E-state index contributed by atoms with van der Waals surface area (Å²) in [6.45, 7) is 1.60. The third-order valence-corrected chi connectivity index (χ3v) is 4.72. The van der Waals surface area contributed by atoms with Gasteiger partial charge in [0.1, 0.15) is 0 Å². The number of para-hydroxylation sites is 1. The molecule has 2 aromatic carbocycles. The molecule has 0 radical (unpaired) electrons. The zero-order valence-corrected chi connectivity index (χ0v) is 13.6. The van der Waals surface area contributed by atoms with Gasteiger partial charge in [-0.2, -0.15) is 0 Å². The van der Waals surface area contributed by atoms with Crippen LogP contribution in [0.5, 0.6) is 0 Å². The number of aromatic nitrogens is 1. The topological polar surface area (TPSA) is 36.1 Å². The number of aromatic amines is 1. The predicted molar refractivity (Wildman–Crippen MR) is 93.5 cm³/mol. The Labute approximate surface area is 136 Å². The lowest BCUT2D eigenvalue weighted by atomic mass is 10.1. The van der Waals surface area contributed by atoms with Crippen LogP contribution < -0.4 is 10.5 Å². The van der Waals surface area contributed by atoms with Crippen molar-refractivity contribution >= 4 is 32.5 Å². The zero-order chi connectivity index (χ0) is 15.1. The molecular formula is C18H15BrN2O. The first-order valence-electron chi connectivity index (χ1n) is 7.35. The highest BCUT2D eigenvalue weighted by molar-refractivity contribution is 9.10. The van der Waals surface area contributed by atoms with Crippen molar-refractivity contribution in [1.29, 1.82) is 0 Å². The van der Waals surface area contributed by atoms with Gasteiger partial charge >= 0.3 is 0 Å². The minimum Gasteiger partial charge on any atom is -0.366 e. The molecule has 4 heteroatoms. The van der Waals surface area contributed by atoms with Crippen molar-refractivity contribution in [1.82, 2.24) is 4.98 Å². The standard InChI is InChI=1S/C18H15BrN2O/c19-15-5-6-17-13(10-15)7-8-21(17)11-14-9-12-3-1-2-4-16(12)20-18(14)22/h1-6,9-10H,7-8,11H2,(H,20,22). The molecule has 1 aliphatic heterocycles. The molecule has 0 spiro atoms. The zero-order valence-electron chi connectivity index (χ0n) is 12.0. The van der Waals surface area contributed by atoms with Crippen molar-refractivity contribution in [2.75, 3.05) is 11.4 Å². The van der Waals surface area contributed by atoms with Crippen LogP contribution in [-0.4, -0.2) is 11.5 Å². The quantitative estimate of drug-likeness (QED) is 0.758. The summed E-state index contributed by atoms with van der Waals surface area (Å²) >= 11 is 3.52. The van der Waals surface area contributed by atoms with Gasteiger partial charge in [-0.3, -0.25) is 4.79 Å². The van der Waals surface area contributed by atoms with Gasteiger partial charge in [-0.25, -0.2) is 0 Å². The maximum Gasteiger partial charge on any atom is 0.253 e. The minimum absolute atomic E-state index is 0.00395. The van der Waals surface area contributed by atoms with Crippen molar-refractivity contribution in [2.24, 2.45) is 0 Å². The second kappa shape index (κ2) is 5.29. The highest BCUT2D eigenvalue weighted by atomic mass is 79.9. The van der Waals surface area contributed by atoms with Crippen LogP contribution in [0.25, 0.3) is 10.9 Å². The van der Waals surface area contributed by atoms with Crippen LogP contribution in [0, 0.1) is 0 Å². The summed E-state index contributed by atoms with van der Waals surface area (Å²) in [4.78, 5) is 17.6. The van der Waals surface area contributed by atoms with Crippen LogP contribution in [-0.2, 0) is 13.0 Å². The molecule has 1 aromatic heterocycles. The summed E-state index contributed by atoms with van der Waals surface area (Å²) in [7, 11) is 0. The number of hydrogen-bond acceptors (Lipinski definition) is 2. The molecule has 0 unspecified atom stereocenters. The average Bonchev–Trinajstić information content (AvgIpc) is 2.90. The highest BCUT2D eigenvalue weighted by Crippen LogP contribution is 2.31. The molecule has 1 aliphatic rings. The van der Waals surface area contributed by atoms with E-state index in [0.29, 0.717) is 6.54 Å². The van der Waals surface area contributed by atoms with E-state index in [9.17, 15) is 4.79 Å². The number of hydrogen-bond donors (Lipinski definition) is 1. The molecule has 0 fully saturated rings. The molecule has 2 heterocycles. The number of anilines is 1. The van der Waals surface area contributed by atoms with E-state index in [4.69, 9.17) is 0 Å².